The van der Waals surface area contributed by atoms with Gasteiger partial charge in [-0.15, -0.1) is 0 Å². The second-order valence-corrected chi connectivity index (χ2v) is 9.04. The molecule has 3 rings (SSSR count). The maximum atomic E-state index is 13.0. The van der Waals surface area contributed by atoms with E-state index in [2.05, 4.69) is 48.6 Å². The summed E-state index contributed by atoms with van der Waals surface area (Å²) in [5.74, 6) is 0.924. The number of rotatable bonds is 8. The zero-order chi connectivity index (χ0) is 24.1. The fourth-order valence-corrected chi connectivity index (χ4v) is 4.16. The molecule has 1 atom stereocenters. The third-order valence-corrected chi connectivity index (χ3v) is 5.83. The van der Waals surface area contributed by atoms with Gasteiger partial charge in [0.05, 0.1) is 33.9 Å². The predicted octanol–water partition coefficient (Wildman–Crippen LogP) is 4.68. The van der Waals surface area contributed by atoms with E-state index >= 15 is 0 Å². The van der Waals surface area contributed by atoms with Gasteiger partial charge in [-0.05, 0) is 86.2 Å². The van der Waals surface area contributed by atoms with E-state index in [1.807, 2.05) is 19.1 Å². The number of hydrogen-bond donors (Lipinski definition) is 0. The summed E-state index contributed by atoms with van der Waals surface area (Å²) in [6.07, 6.45) is 0.768. The molecule has 0 N–H and O–H groups in total. The Morgan fingerprint density at radius 1 is 1.27 bits per heavy atom. The van der Waals surface area contributed by atoms with E-state index in [-0.39, 0.29) is 12.2 Å². The Hall–Kier alpha value is -2.47. The highest BCUT2D eigenvalue weighted by molar-refractivity contribution is 14.1. The Morgan fingerprint density at radius 2 is 2.03 bits per heavy atom. The van der Waals surface area contributed by atoms with Crippen molar-refractivity contribution in [1.29, 1.82) is 0 Å². The molecular formula is C23H23BrIN3O5. The van der Waals surface area contributed by atoms with E-state index in [0.29, 0.717) is 40.4 Å². The lowest BCUT2D eigenvalue weighted by Crippen LogP contribution is -2.26. The number of carbonyl (C=O) groups excluding carboxylic acids is 1. The summed E-state index contributed by atoms with van der Waals surface area (Å²) < 4.78 is 19.4. The summed E-state index contributed by atoms with van der Waals surface area (Å²) in [5.41, 5.74) is 1.04. The van der Waals surface area contributed by atoms with Crippen LogP contribution in [0.4, 0.5) is 0 Å². The van der Waals surface area contributed by atoms with E-state index in [1.54, 1.807) is 45.2 Å². The number of aromatic nitrogens is 2. The summed E-state index contributed by atoms with van der Waals surface area (Å²) in [5, 5.41) is 4.83. The van der Waals surface area contributed by atoms with Crippen molar-refractivity contribution in [3.63, 3.8) is 0 Å². The van der Waals surface area contributed by atoms with Crippen LogP contribution in [0, 0.1) is 10.5 Å². The van der Waals surface area contributed by atoms with Gasteiger partial charge < -0.3 is 14.2 Å². The lowest BCUT2D eigenvalue weighted by Gasteiger charge is -2.18. The van der Waals surface area contributed by atoms with Gasteiger partial charge in [0, 0.05) is 4.47 Å². The topological polar surface area (TPSA) is 92.0 Å². The van der Waals surface area contributed by atoms with Gasteiger partial charge >= 0.3 is 5.97 Å². The quantitative estimate of drug-likeness (QED) is 0.205. The first-order chi connectivity index (χ1) is 15.7. The number of esters is 1. The number of aryl methyl sites for hydroxylation is 1. The standard InChI is InChI=1S/C23H23BrIN3O5/c1-5-31-20-10-15(9-18(25)21(20)33-13(3)23(30)32-6-2)12-26-28-14(4)27-19-8-7-16(24)11-17(19)22(28)29/h7-13H,5-6H2,1-4H3/t13-/m0/s1. The number of carbonyl (C=O) groups is 1. The van der Waals surface area contributed by atoms with Crippen LogP contribution in [0.25, 0.3) is 10.9 Å². The second kappa shape index (κ2) is 11.1. The highest BCUT2D eigenvalue weighted by Gasteiger charge is 2.20. The third kappa shape index (κ3) is 5.91. The Balaban J connectivity index is 1.97. The summed E-state index contributed by atoms with van der Waals surface area (Å²) in [4.78, 5) is 29.4. The van der Waals surface area contributed by atoms with Crippen molar-refractivity contribution in [1.82, 2.24) is 9.66 Å². The lowest BCUT2D eigenvalue weighted by atomic mass is 10.2. The molecule has 0 saturated heterocycles. The fourth-order valence-electron chi connectivity index (χ4n) is 3.04. The molecule has 0 radical (unpaired) electrons. The zero-order valence-electron chi connectivity index (χ0n) is 18.6. The number of ether oxygens (including phenoxy) is 3. The molecule has 2 aromatic carbocycles. The summed E-state index contributed by atoms with van der Waals surface area (Å²) in [6, 6.07) is 8.92. The minimum Gasteiger partial charge on any atom is -0.490 e. The molecule has 0 aliphatic heterocycles. The third-order valence-electron chi connectivity index (χ3n) is 4.54. The molecular weight excluding hydrogens is 605 g/mol. The van der Waals surface area contributed by atoms with Crippen LogP contribution in [0.5, 0.6) is 11.5 Å². The van der Waals surface area contributed by atoms with E-state index in [4.69, 9.17) is 14.2 Å². The largest absolute Gasteiger partial charge is 0.490 e. The lowest BCUT2D eigenvalue weighted by molar-refractivity contribution is -0.150. The van der Waals surface area contributed by atoms with Crippen molar-refractivity contribution < 1.29 is 19.0 Å². The van der Waals surface area contributed by atoms with Crippen molar-refractivity contribution >= 4 is 61.6 Å². The van der Waals surface area contributed by atoms with Gasteiger partial charge in [-0.1, -0.05) is 15.9 Å². The second-order valence-electron chi connectivity index (χ2n) is 6.96. The smallest absolute Gasteiger partial charge is 0.347 e. The molecule has 1 heterocycles. The van der Waals surface area contributed by atoms with E-state index in [9.17, 15) is 9.59 Å². The highest BCUT2D eigenvalue weighted by Crippen LogP contribution is 2.35. The molecule has 33 heavy (non-hydrogen) atoms. The molecule has 0 amide bonds. The minimum absolute atomic E-state index is 0.266. The molecule has 0 bridgehead atoms. The molecule has 0 aliphatic rings. The van der Waals surface area contributed by atoms with Crippen molar-refractivity contribution in [2.75, 3.05) is 13.2 Å². The van der Waals surface area contributed by atoms with E-state index in [1.165, 1.54) is 4.68 Å². The highest BCUT2D eigenvalue weighted by atomic mass is 127. The molecule has 0 unspecified atom stereocenters. The van der Waals surface area contributed by atoms with Crippen LogP contribution < -0.4 is 15.0 Å². The molecule has 0 aliphatic carbocycles. The van der Waals surface area contributed by atoms with Gasteiger partial charge in [-0.3, -0.25) is 4.79 Å². The van der Waals surface area contributed by atoms with Gasteiger partial charge in [0.2, 0.25) is 0 Å². The average Bonchev–Trinajstić information content (AvgIpc) is 2.76. The number of benzene rings is 2. The SMILES string of the molecule is CCOC(=O)[C@H](C)Oc1c(I)cc(C=Nn2c(C)nc3ccc(Br)cc3c2=O)cc1OCC. The average molecular weight is 628 g/mol. The van der Waals surface area contributed by atoms with Crippen LogP contribution in [0.3, 0.4) is 0 Å². The van der Waals surface area contributed by atoms with Crippen LogP contribution in [0.1, 0.15) is 32.2 Å². The fraction of sp³-hybridized carbons (Fsp3) is 0.304. The molecule has 174 valence electrons. The van der Waals surface area contributed by atoms with Crippen LogP contribution >= 0.6 is 38.5 Å². The van der Waals surface area contributed by atoms with Crippen molar-refractivity contribution in [2.45, 2.75) is 33.8 Å². The Labute approximate surface area is 213 Å². The molecule has 1 aromatic heterocycles. The Morgan fingerprint density at radius 3 is 2.73 bits per heavy atom. The molecule has 3 aromatic rings. The Bertz CT molecular complexity index is 1280. The monoisotopic (exact) mass is 627 g/mol. The first kappa shape index (κ1) is 25.2. The van der Waals surface area contributed by atoms with E-state index in [0.717, 1.165) is 8.04 Å². The van der Waals surface area contributed by atoms with Crippen molar-refractivity contribution in [3.05, 3.63) is 60.1 Å². The maximum Gasteiger partial charge on any atom is 0.347 e. The van der Waals surface area contributed by atoms with Crippen molar-refractivity contribution in [2.24, 2.45) is 5.10 Å². The first-order valence-corrected chi connectivity index (χ1v) is 12.1. The predicted molar refractivity (Wildman–Crippen MR) is 138 cm³/mol. The summed E-state index contributed by atoms with van der Waals surface area (Å²) in [7, 11) is 0. The van der Waals surface area contributed by atoms with Gasteiger partial charge in [0.25, 0.3) is 5.56 Å². The molecule has 8 nitrogen and oxygen atoms in total. The van der Waals surface area contributed by atoms with Gasteiger partial charge in [0.15, 0.2) is 17.6 Å². The van der Waals surface area contributed by atoms with Crippen molar-refractivity contribution in [3.8, 4) is 11.5 Å². The molecule has 0 spiro atoms. The molecule has 10 heteroatoms. The Kier molecular flexibility index (Phi) is 8.46. The first-order valence-electron chi connectivity index (χ1n) is 10.3. The molecule has 0 saturated carbocycles. The maximum absolute atomic E-state index is 13.0. The molecule has 0 fully saturated rings. The van der Waals surface area contributed by atoms with E-state index < -0.39 is 12.1 Å². The normalized spacial score (nSPS) is 12.2. The number of nitrogens with zero attached hydrogens (tertiary/aromatic N) is 3. The summed E-state index contributed by atoms with van der Waals surface area (Å²) in [6.45, 7) is 7.63. The number of halogens is 2. The van der Waals surface area contributed by atoms with Crippen LogP contribution in [-0.4, -0.2) is 41.2 Å². The van der Waals surface area contributed by atoms with Crippen LogP contribution in [0.15, 0.2) is 44.7 Å². The number of fused-ring (bicyclic) bond motifs is 1. The summed E-state index contributed by atoms with van der Waals surface area (Å²) >= 11 is 5.49. The number of hydrogen-bond acceptors (Lipinski definition) is 7. The zero-order valence-corrected chi connectivity index (χ0v) is 22.3. The van der Waals surface area contributed by atoms with Gasteiger partial charge in [-0.2, -0.15) is 9.78 Å². The van der Waals surface area contributed by atoms with Gasteiger partial charge in [-0.25, -0.2) is 9.78 Å². The minimum atomic E-state index is -0.790. The van der Waals surface area contributed by atoms with Crippen LogP contribution in [0.2, 0.25) is 0 Å². The van der Waals surface area contributed by atoms with Gasteiger partial charge in [0.1, 0.15) is 5.82 Å². The van der Waals surface area contributed by atoms with Crippen LogP contribution in [-0.2, 0) is 9.53 Å².